The quantitative estimate of drug-likeness (QED) is 0.930. The molecule has 3 aliphatic heterocycles. The number of aliphatic hydroxyl groups excluding tert-OH is 1. The lowest BCUT2D eigenvalue weighted by atomic mass is 9.74. The van der Waals surface area contributed by atoms with Crippen LogP contribution in [0.5, 0.6) is 0 Å². The molecule has 0 amide bonds. The maximum atomic E-state index is 9.60. The van der Waals surface area contributed by atoms with Crippen LogP contribution in [-0.4, -0.2) is 41.4 Å². The number of rotatable bonds is 3. The number of hydrogen-bond acceptors (Lipinski definition) is 4. The standard InChI is InChI=1S/C14H18ClNO2S/c15-13-2-1-9(19-13)5-16-6-11-10(7-17)12-3-4-14(11,8-16)18-12/h1-2,10-12,17H,3-8H2/t10-,11+,12+,14+/m0/s1. The predicted octanol–water partition coefficient (Wildman–Crippen LogP) is 2.37. The summed E-state index contributed by atoms with van der Waals surface area (Å²) in [7, 11) is 0. The van der Waals surface area contributed by atoms with E-state index in [1.165, 1.54) is 11.3 Å². The zero-order valence-corrected chi connectivity index (χ0v) is 12.3. The van der Waals surface area contributed by atoms with Gasteiger partial charge in [0.05, 0.1) is 16.0 Å². The van der Waals surface area contributed by atoms with E-state index in [1.807, 2.05) is 6.07 Å². The summed E-state index contributed by atoms with van der Waals surface area (Å²) < 4.78 is 7.10. The number of fused-ring (bicyclic) bond motifs is 1. The zero-order valence-electron chi connectivity index (χ0n) is 10.7. The molecule has 3 nitrogen and oxygen atoms in total. The van der Waals surface area contributed by atoms with E-state index < -0.39 is 0 Å². The van der Waals surface area contributed by atoms with Crippen LogP contribution in [0.4, 0.5) is 0 Å². The second-order valence-electron chi connectivity index (χ2n) is 6.09. The SMILES string of the molecule is OC[C@H]1[C@H]2CN(Cc3ccc(Cl)s3)C[C@]23CC[C@H]1O3. The van der Waals surface area contributed by atoms with Crippen molar-refractivity contribution in [3.63, 3.8) is 0 Å². The molecule has 1 aromatic rings. The Hall–Kier alpha value is -0.130. The molecule has 0 aliphatic carbocycles. The number of thiophene rings is 1. The monoisotopic (exact) mass is 299 g/mol. The number of likely N-dealkylation sites (tertiary alicyclic amines) is 1. The van der Waals surface area contributed by atoms with Gasteiger partial charge in [0.1, 0.15) is 0 Å². The molecule has 4 rings (SSSR count). The minimum atomic E-state index is 0.0408. The van der Waals surface area contributed by atoms with Crippen molar-refractivity contribution in [2.24, 2.45) is 11.8 Å². The van der Waals surface area contributed by atoms with Crippen molar-refractivity contribution in [3.05, 3.63) is 21.3 Å². The predicted molar refractivity (Wildman–Crippen MR) is 75.5 cm³/mol. The molecule has 2 bridgehead atoms. The van der Waals surface area contributed by atoms with E-state index in [0.29, 0.717) is 17.9 Å². The van der Waals surface area contributed by atoms with Gasteiger partial charge in [-0.3, -0.25) is 4.90 Å². The molecule has 3 fully saturated rings. The van der Waals surface area contributed by atoms with Gasteiger partial charge in [-0.15, -0.1) is 11.3 Å². The molecular weight excluding hydrogens is 282 g/mol. The van der Waals surface area contributed by atoms with Crippen molar-refractivity contribution in [2.45, 2.75) is 31.1 Å². The van der Waals surface area contributed by atoms with Crippen molar-refractivity contribution in [1.29, 1.82) is 0 Å². The van der Waals surface area contributed by atoms with Gasteiger partial charge in [-0.25, -0.2) is 0 Å². The third-order valence-corrected chi connectivity index (χ3v) is 6.29. The molecule has 4 atom stereocenters. The minimum absolute atomic E-state index is 0.0408. The van der Waals surface area contributed by atoms with Crippen LogP contribution < -0.4 is 0 Å². The van der Waals surface area contributed by atoms with Crippen molar-refractivity contribution < 1.29 is 9.84 Å². The summed E-state index contributed by atoms with van der Waals surface area (Å²) in [6.07, 6.45) is 2.61. The lowest BCUT2D eigenvalue weighted by Crippen LogP contribution is -2.37. The van der Waals surface area contributed by atoms with Gasteiger partial charge < -0.3 is 9.84 Å². The molecule has 4 heterocycles. The number of nitrogens with zero attached hydrogens (tertiary/aromatic N) is 1. The van der Waals surface area contributed by atoms with Crippen molar-refractivity contribution >= 4 is 22.9 Å². The van der Waals surface area contributed by atoms with Crippen LogP contribution in [0.1, 0.15) is 17.7 Å². The van der Waals surface area contributed by atoms with Gasteiger partial charge in [0.15, 0.2) is 0 Å². The molecule has 19 heavy (non-hydrogen) atoms. The average Bonchev–Trinajstić information content (AvgIpc) is 3.08. The van der Waals surface area contributed by atoms with Crippen LogP contribution in [0.3, 0.4) is 0 Å². The van der Waals surface area contributed by atoms with Crippen LogP contribution in [0, 0.1) is 11.8 Å². The third kappa shape index (κ3) is 1.88. The summed E-state index contributed by atoms with van der Waals surface area (Å²) in [6.45, 7) is 3.30. The topological polar surface area (TPSA) is 32.7 Å². The molecule has 0 unspecified atom stereocenters. The van der Waals surface area contributed by atoms with Gasteiger partial charge in [-0.05, 0) is 25.0 Å². The Morgan fingerprint density at radius 1 is 1.53 bits per heavy atom. The largest absolute Gasteiger partial charge is 0.396 e. The molecule has 104 valence electrons. The first-order valence-electron chi connectivity index (χ1n) is 6.95. The Balaban J connectivity index is 1.51. The van der Waals surface area contributed by atoms with E-state index in [9.17, 15) is 5.11 Å². The summed E-state index contributed by atoms with van der Waals surface area (Å²) in [4.78, 5) is 3.79. The first-order valence-corrected chi connectivity index (χ1v) is 8.15. The Bertz CT molecular complexity index is 494. The first kappa shape index (κ1) is 12.6. The number of ether oxygens (including phenoxy) is 1. The van der Waals surface area contributed by atoms with Crippen LogP contribution in [-0.2, 0) is 11.3 Å². The van der Waals surface area contributed by atoms with Gasteiger partial charge in [0.2, 0.25) is 0 Å². The van der Waals surface area contributed by atoms with Crippen molar-refractivity contribution in [3.8, 4) is 0 Å². The summed E-state index contributed by atoms with van der Waals surface area (Å²) >= 11 is 7.65. The molecule has 3 aliphatic rings. The maximum Gasteiger partial charge on any atom is 0.0931 e. The lowest BCUT2D eigenvalue weighted by Gasteiger charge is -2.28. The van der Waals surface area contributed by atoms with Crippen LogP contribution in [0.25, 0.3) is 0 Å². The highest BCUT2D eigenvalue weighted by atomic mass is 35.5. The molecule has 0 saturated carbocycles. The van der Waals surface area contributed by atoms with E-state index in [-0.39, 0.29) is 12.2 Å². The van der Waals surface area contributed by atoms with Crippen LogP contribution >= 0.6 is 22.9 Å². The fraction of sp³-hybridized carbons (Fsp3) is 0.714. The number of halogens is 1. The molecular formula is C14H18ClNO2S. The van der Waals surface area contributed by atoms with Gasteiger partial charge >= 0.3 is 0 Å². The second kappa shape index (κ2) is 4.43. The summed E-state index contributed by atoms with van der Waals surface area (Å²) in [5.74, 6) is 0.873. The highest BCUT2D eigenvalue weighted by Crippen LogP contribution is 2.54. The fourth-order valence-electron chi connectivity index (χ4n) is 4.31. The minimum Gasteiger partial charge on any atom is -0.396 e. The molecule has 1 aromatic heterocycles. The third-order valence-electron chi connectivity index (χ3n) is 5.07. The molecule has 1 spiro atoms. The Kier molecular flexibility index (Phi) is 2.94. The smallest absolute Gasteiger partial charge is 0.0931 e. The lowest BCUT2D eigenvalue weighted by molar-refractivity contribution is 0.000456. The van der Waals surface area contributed by atoms with Crippen LogP contribution in [0.2, 0.25) is 4.34 Å². The summed E-state index contributed by atoms with van der Waals surface area (Å²) in [5, 5.41) is 9.60. The Morgan fingerprint density at radius 2 is 2.42 bits per heavy atom. The maximum absolute atomic E-state index is 9.60. The second-order valence-corrected chi connectivity index (χ2v) is 7.89. The van der Waals surface area contributed by atoms with Crippen molar-refractivity contribution in [2.75, 3.05) is 19.7 Å². The van der Waals surface area contributed by atoms with Crippen molar-refractivity contribution in [1.82, 2.24) is 4.90 Å². The normalized spacial score (nSPS) is 41.1. The Labute approximate surface area is 122 Å². The van der Waals surface area contributed by atoms with E-state index in [0.717, 1.165) is 30.4 Å². The zero-order chi connectivity index (χ0) is 13.0. The summed E-state index contributed by atoms with van der Waals surface area (Å²) in [6, 6.07) is 4.08. The van der Waals surface area contributed by atoms with Crippen LogP contribution in [0.15, 0.2) is 12.1 Å². The molecule has 5 heteroatoms. The summed E-state index contributed by atoms with van der Waals surface area (Å²) in [5.41, 5.74) is 0.0408. The average molecular weight is 300 g/mol. The van der Waals surface area contributed by atoms with E-state index in [1.54, 1.807) is 11.3 Å². The fourth-order valence-corrected chi connectivity index (χ4v) is 5.44. The van der Waals surface area contributed by atoms with Gasteiger partial charge in [0.25, 0.3) is 0 Å². The number of hydrogen-bond donors (Lipinski definition) is 1. The molecule has 0 radical (unpaired) electrons. The highest BCUT2D eigenvalue weighted by Gasteiger charge is 2.62. The first-order chi connectivity index (χ1) is 9.20. The molecule has 3 saturated heterocycles. The molecule has 0 aromatic carbocycles. The van der Waals surface area contributed by atoms with E-state index in [2.05, 4.69) is 11.0 Å². The van der Waals surface area contributed by atoms with Gasteiger partial charge in [0, 0.05) is 43.0 Å². The van der Waals surface area contributed by atoms with E-state index >= 15 is 0 Å². The van der Waals surface area contributed by atoms with Gasteiger partial charge in [-0.1, -0.05) is 11.6 Å². The number of aliphatic hydroxyl groups is 1. The van der Waals surface area contributed by atoms with Gasteiger partial charge in [-0.2, -0.15) is 0 Å². The Morgan fingerprint density at radius 3 is 3.16 bits per heavy atom. The van der Waals surface area contributed by atoms with E-state index in [4.69, 9.17) is 16.3 Å². The highest BCUT2D eigenvalue weighted by molar-refractivity contribution is 7.16. The molecule has 1 N–H and O–H groups in total.